The van der Waals surface area contributed by atoms with Gasteiger partial charge in [-0.1, -0.05) is 5.16 Å². The minimum absolute atomic E-state index is 0.0998. The van der Waals surface area contributed by atoms with E-state index in [1.807, 2.05) is 0 Å². The summed E-state index contributed by atoms with van der Waals surface area (Å²) in [6.07, 6.45) is 1.82. The van der Waals surface area contributed by atoms with E-state index in [-0.39, 0.29) is 19.0 Å². The van der Waals surface area contributed by atoms with Gasteiger partial charge in [0.05, 0.1) is 18.5 Å². The highest BCUT2D eigenvalue weighted by atomic mass is 16.5. The fraction of sp³-hybridized carbons (Fsp3) is 0.273. The number of nitrogens with one attached hydrogen (secondary N) is 1. The third-order valence-electron chi connectivity index (χ3n) is 5.67. The number of nitrogens with two attached hydrogens (primary N) is 1. The molecule has 1 aliphatic rings. The Morgan fingerprint density at radius 2 is 2.11 bits per heavy atom. The summed E-state index contributed by atoms with van der Waals surface area (Å²) in [5, 5.41) is 22.3. The minimum atomic E-state index is -2.18. The number of amides is 2. The van der Waals surface area contributed by atoms with Gasteiger partial charge in [-0.25, -0.2) is 14.6 Å². The largest absolute Gasteiger partial charge is 0.380 e. The smallest absolute Gasteiger partial charge is 0.260 e. The number of carbonyl (C=O) groups is 2. The van der Waals surface area contributed by atoms with Gasteiger partial charge in [-0.3, -0.25) is 14.5 Å². The molecule has 180 valence electrons. The van der Waals surface area contributed by atoms with E-state index in [1.165, 1.54) is 22.6 Å². The van der Waals surface area contributed by atoms with E-state index < -0.39 is 23.5 Å². The summed E-state index contributed by atoms with van der Waals surface area (Å²) in [5.74, 6) is 0.256. The molecule has 0 aliphatic carbocycles. The van der Waals surface area contributed by atoms with Crippen LogP contribution in [0.4, 0.5) is 17.3 Å². The van der Waals surface area contributed by atoms with Gasteiger partial charge in [0.1, 0.15) is 5.82 Å². The molecule has 1 aromatic carbocycles. The standard InChI is InChI=1S/C22H22N8O5/c1-12-24-7-5-16(25-12)30-8-6-17(27-30)29-9-10-34-18(20(29)31)22(2,33)21(32)26-13-3-4-14-15(11-13)35-28-19(14)23/h3-8,11,18,33H,9-10H2,1-2H3,(H2,23,28)(H,26,32)/t18-,22+/m0/s1. The quantitative estimate of drug-likeness (QED) is 0.372. The number of benzene rings is 1. The molecular formula is C22H22N8O5. The van der Waals surface area contributed by atoms with Crippen LogP contribution in [0.15, 0.2) is 47.2 Å². The summed E-state index contributed by atoms with van der Waals surface area (Å²) in [7, 11) is 0. The highest BCUT2D eigenvalue weighted by molar-refractivity contribution is 6.06. The highest BCUT2D eigenvalue weighted by Gasteiger charge is 2.48. The molecule has 0 radical (unpaired) electrons. The number of morpholine rings is 1. The maximum absolute atomic E-state index is 13.3. The summed E-state index contributed by atoms with van der Waals surface area (Å²) >= 11 is 0. The van der Waals surface area contributed by atoms with Crippen molar-refractivity contribution in [3.8, 4) is 5.82 Å². The van der Waals surface area contributed by atoms with Gasteiger partial charge in [0, 0.05) is 36.3 Å². The third-order valence-corrected chi connectivity index (χ3v) is 5.67. The first kappa shape index (κ1) is 22.4. The molecule has 35 heavy (non-hydrogen) atoms. The molecule has 0 unspecified atom stereocenters. The average Bonchev–Trinajstić information content (AvgIpc) is 3.46. The lowest BCUT2D eigenvalue weighted by molar-refractivity contribution is -0.165. The van der Waals surface area contributed by atoms with Crippen molar-refractivity contribution in [1.29, 1.82) is 0 Å². The summed E-state index contributed by atoms with van der Waals surface area (Å²) < 4.78 is 12.2. The lowest BCUT2D eigenvalue weighted by Crippen LogP contribution is -2.61. The van der Waals surface area contributed by atoms with Gasteiger partial charge in [0.2, 0.25) is 0 Å². The number of ether oxygens (including phenoxy) is 1. The van der Waals surface area contributed by atoms with Gasteiger partial charge in [-0.05, 0) is 26.0 Å². The van der Waals surface area contributed by atoms with Crippen molar-refractivity contribution in [1.82, 2.24) is 24.9 Å². The molecule has 1 fully saturated rings. The van der Waals surface area contributed by atoms with Crippen LogP contribution in [0.25, 0.3) is 16.8 Å². The van der Waals surface area contributed by atoms with E-state index in [1.54, 1.807) is 43.6 Å². The molecule has 13 nitrogen and oxygen atoms in total. The fourth-order valence-corrected chi connectivity index (χ4v) is 3.78. The Morgan fingerprint density at radius 1 is 1.29 bits per heavy atom. The highest BCUT2D eigenvalue weighted by Crippen LogP contribution is 2.27. The van der Waals surface area contributed by atoms with Crippen LogP contribution in [0.1, 0.15) is 12.7 Å². The predicted molar refractivity (Wildman–Crippen MR) is 124 cm³/mol. The van der Waals surface area contributed by atoms with Crippen LogP contribution in [0, 0.1) is 6.92 Å². The number of aromatic nitrogens is 5. The molecule has 4 heterocycles. The van der Waals surface area contributed by atoms with Gasteiger partial charge in [0.25, 0.3) is 11.8 Å². The van der Waals surface area contributed by atoms with Crippen LogP contribution in [0.5, 0.6) is 0 Å². The van der Waals surface area contributed by atoms with Crippen molar-refractivity contribution in [2.45, 2.75) is 25.6 Å². The van der Waals surface area contributed by atoms with Crippen LogP contribution < -0.4 is 16.0 Å². The van der Waals surface area contributed by atoms with Crippen molar-refractivity contribution < 1.29 is 24.0 Å². The van der Waals surface area contributed by atoms with Gasteiger partial charge >= 0.3 is 0 Å². The van der Waals surface area contributed by atoms with Crippen LogP contribution in [-0.2, 0) is 14.3 Å². The molecule has 0 saturated carbocycles. The molecular weight excluding hydrogens is 456 g/mol. The number of hydrogen-bond acceptors (Lipinski definition) is 10. The zero-order valence-corrected chi connectivity index (χ0v) is 18.9. The Morgan fingerprint density at radius 3 is 2.91 bits per heavy atom. The molecule has 2 atom stereocenters. The lowest BCUT2D eigenvalue weighted by atomic mass is 9.95. The van der Waals surface area contributed by atoms with E-state index in [2.05, 4.69) is 25.5 Å². The Bertz CT molecular complexity index is 1430. The molecule has 1 aliphatic heterocycles. The third kappa shape index (κ3) is 4.06. The first-order valence-electron chi connectivity index (χ1n) is 10.7. The Labute approximate surface area is 198 Å². The van der Waals surface area contributed by atoms with E-state index in [0.717, 1.165) is 0 Å². The number of rotatable bonds is 5. The summed E-state index contributed by atoms with van der Waals surface area (Å²) in [5.41, 5.74) is 4.22. The number of hydrogen-bond donors (Lipinski definition) is 3. The first-order valence-corrected chi connectivity index (χ1v) is 10.7. The monoisotopic (exact) mass is 478 g/mol. The van der Waals surface area contributed by atoms with Crippen molar-refractivity contribution in [3.63, 3.8) is 0 Å². The molecule has 1 saturated heterocycles. The zero-order chi connectivity index (χ0) is 24.7. The van der Waals surface area contributed by atoms with Gasteiger partial charge in [-0.15, -0.1) is 5.10 Å². The molecule has 0 spiro atoms. The fourth-order valence-electron chi connectivity index (χ4n) is 3.78. The molecule has 4 aromatic rings. The maximum atomic E-state index is 13.3. The molecule has 2 amide bonds. The SMILES string of the molecule is Cc1nccc(-n2ccc(N3CCO[C@H]([C@@](C)(O)C(=O)Nc4ccc5c(N)noc5c4)C3=O)n2)n1. The second-order valence-electron chi connectivity index (χ2n) is 8.20. The van der Waals surface area contributed by atoms with Crippen LogP contribution in [0.3, 0.4) is 0 Å². The van der Waals surface area contributed by atoms with Crippen LogP contribution >= 0.6 is 0 Å². The summed E-state index contributed by atoms with van der Waals surface area (Å²) in [6, 6.07) is 8.06. The maximum Gasteiger partial charge on any atom is 0.260 e. The predicted octanol–water partition coefficient (Wildman–Crippen LogP) is 0.816. The second-order valence-corrected chi connectivity index (χ2v) is 8.20. The number of carbonyl (C=O) groups excluding carboxylic acids is 2. The van der Waals surface area contributed by atoms with Crippen molar-refractivity contribution in [3.05, 3.63) is 48.5 Å². The van der Waals surface area contributed by atoms with Gasteiger partial charge < -0.3 is 25.4 Å². The molecule has 3 aromatic heterocycles. The van der Waals surface area contributed by atoms with E-state index in [0.29, 0.717) is 34.1 Å². The molecule has 4 N–H and O–H groups in total. The van der Waals surface area contributed by atoms with Crippen molar-refractivity contribution >= 4 is 40.1 Å². The van der Waals surface area contributed by atoms with E-state index in [9.17, 15) is 14.7 Å². The molecule has 0 bridgehead atoms. The topological polar surface area (TPSA) is 175 Å². The Balaban J connectivity index is 1.34. The van der Waals surface area contributed by atoms with E-state index >= 15 is 0 Å². The number of aliphatic hydroxyl groups is 1. The number of nitrogens with zero attached hydrogens (tertiary/aromatic N) is 6. The second kappa shape index (κ2) is 8.45. The molecule has 5 rings (SSSR count). The minimum Gasteiger partial charge on any atom is -0.380 e. The van der Waals surface area contributed by atoms with E-state index in [4.69, 9.17) is 15.0 Å². The zero-order valence-electron chi connectivity index (χ0n) is 18.9. The first-order chi connectivity index (χ1) is 16.7. The summed E-state index contributed by atoms with van der Waals surface area (Å²) in [6.45, 7) is 3.29. The number of aryl methyl sites for hydroxylation is 1. The van der Waals surface area contributed by atoms with Crippen molar-refractivity contribution in [2.24, 2.45) is 0 Å². The van der Waals surface area contributed by atoms with Crippen LogP contribution in [-0.4, -0.2) is 66.7 Å². The van der Waals surface area contributed by atoms with Gasteiger partial charge in [-0.2, -0.15) is 0 Å². The van der Waals surface area contributed by atoms with Crippen LogP contribution in [0.2, 0.25) is 0 Å². The number of anilines is 3. The van der Waals surface area contributed by atoms with Gasteiger partial charge in [0.15, 0.2) is 34.7 Å². The number of nitrogen functional groups attached to an aromatic ring is 1. The average molecular weight is 478 g/mol. The summed E-state index contributed by atoms with van der Waals surface area (Å²) in [4.78, 5) is 36.0. The number of fused-ring (bicyclic) bond motifs is 1. The lowest BCUT2D eigenvalue weighted by Gasteiger charge is -2.37. The molecule has 13 heteroatoms. The normalized spacial score (nSPS) is 18.0. The Hall–Kier alpha value is -4.36. The Kier molecular flexibility index (Phi) is 5.42. The van der Waals surface area contributed by atoms with Crippen molar-refractivity contribution in [2.75, 3.05) is 29.1 Å².